The number of nitrogens with zero attached hydrogens (tertiary/aromatic N) is 2. The topological polar surface area (TPSA) is 62.3 Å². The van der Waals surface area contributed by atoms with Crippen molar-refractivity contribution >= 4 is 10.2 Å². The molecule has 0 amide bonds. The number of hydrogen-bond acceptors (Lipinski definition) is 3. The Hall–Kier alpha value is -0.980. The summed E-state index contributed by atoms with van der Waals surface area (Å²) in [6.45, 7) is 1.49. The summed E-state index contributed by atoms with van der Waals surface area (Å²) in [6, 6.07) is 5.46. The van der Waals surface area contributed by atoms with Gasteiger partial charge >= 0.3 is 0 Å². The van der Waals surface area contributed by atoms with Gasteiger partial charge in [-0.1, -0.05) is 12.5 Å². The second-order valence-corrected chi connectivity index (χ2v) is 5.86. The fourth-order valence-electron chi connectivity index (χ4n) is 1.86. The molecule has 1 fully saturated rings. The van der Waals surface area contributed by atoms with Crippen molar-refractivity contribution in [1.82, 2.24) is 14.0 Å². The van der Waals surface area contributed by atoms with Crippen molar-refractivity contribution in [3.63, 3.8) is 0 Å². The van der Waals surface area contributed by atoms with Crippen molar-refractivity contribution in [2.24, 2.45) is 0 Å². The lowest BCUT2D eigenvalue weighted by atomic mass is 10.2. The van der Waals surface area contributed by atoms with Crippen molar-refractivity contribution in [2.45, 2.75) is 25.8 Å². The predicted molar refractivity (Wildman–Crippen MR) is 65.4 cm³/mol. The summed E-state index contributed by atoms with van der Waals surface area (Å²) in [6.07, 6.45) is 4.67. The van der Waals surface area contributed by atoms with Crippen molar-refractivity contribution in [1.29, 1.82) is 0 Å². The molecular formula is C11H17N3O2S. The molecule has 5 nitrogen and oxygen atoms in total. The number of hydrogen-bond donors (Lipinski definition) is 1. The molecule has 1 saturated heterocycles. The van der Waals surface area contributed by atoms with Gasteiger partial charge < -0.3 is 0 Å². The Morgan fingerprint density at radius 3 is 2.65 bits per heavy atom. The number of piperidine rings is 1. The highest BCUT2D eigenvalue weighted by Crippen LogP contribution is 2.12. The molecule has 1 N–H and O–H groups in total. The van der Waals surface area contributed by atoms with Gasteiger partial charge in [-0.3, -0.25) is 4.98 Å². The molecule has 0 aliphatic carbocycles. The molecule has 0 spiro atoms. The van der Waals surface area contributed by atoms with E-state index in [-0.39, 0.29) is 6.54 Å². The van der Waals surface area contributed by atoms with E-state index in [1.807, 2.05) is 12.1 Å². The van der Waals surface area contributed by atoms with E-state index in [2.05, 4.69) is 9.71 Å². The third-order valence-corrected chi connectivity index (χ3v) is 4.37. The smallest absolute Gasteiger partial charge is 0.260 e. The quantitative estimate of drug-likeness (QED) is 0.869. The average molecular weight is 255 g/mol. The molecule has 0 bridgehead atoms. The molecule has 0 saturated carbocycles. The van der Waals surface area contributed by atoms with Gasteiger partial charge in [0.15, 0.2) is 0 Å². The minimum atomic E-state index is -3.34. The lowest BCUT2D eigenvalue weighted by Crippen LogP contribution is -2.43. The molecule has 1 aromatic heterocycles. The number of nitrogens with one attached hydrogen (secondary N) is 1. The molecule has 17 heavy (non-hydrogen) atoms. The Balaban J connectivity index is 1.93. The fourth-order valence-corrected chi connectivity index (χ4v) is 3.12. The third-order valence-electron chi connectivity index (χ3n) is 2.82. The van der Waals surface area contributed by atoms with Gasteiger partial charge in [-0.05, 0) is 25.0 Å². The van der Waals surface area contributed by atoms with Crippen molar-refractivity contribution in [3.8, 4) is 0 Å². The van der Waals surface area contributed by atoms with Gasteiger partial charge in [0.25, 0.3) is 10.2 Å². The van der Waals surface area contributed by atoms with E-state index in [9.17, 15) is 8.42 Å². The first kappa shape index (κ1) is 12.5. The van der Waals surface area contributed by atoms with Crippen LogP contribution in [0.2, 0.25) is 0 Å². The zero-order chi connectivity index (χ0) is 12.1. The largest absolute Gasteiger partial charge is 0.279 e. The maximum atomic E-state index is 11.9. The molecule has 1 aromatic rings. The summed E-state index contributed by atoms with van der Waals surface area (Å²) in [5, 5.41) is 0. The van der Waals surface area contributed by atoms with Crippen LogP contribution in [0.3, 0.4) is 0 Å². The normalized spacial score (nSPS) is 18.1. The standard InChI is InChI=1S/C11H17N3O2S/c15-17(16,14-8-4-1-5-9-14)13-10-11-6-2-3-7-12-11/h2-3,6-7,13H,1,4-5,8-10H2. The number of aromatic nitrogens is 1. The van der Waals surface area contributed by atoms with Crippen LogP contribution in [0.1, 0.15) is 25.0 Å². The van der Waals surface area contributed by atoms with Gasteiger partial charge in [-0.2, -0.15) is 17.4 Å². The number of rotatable bonds is 4. The Labute approximate surface area is 102 Å². The Kier molecular flexibility index (Phi) is 4.09. The van der Waals surface area contributed by atoms with E-state index in [1.165, 1.54) is 4.31 Å². The first-order chi connectivity index (χ1) is 8.18. The van der Waals surface area contributed by atoms with Gasteiger partial charge in [-0.15, -0.1) is 0 Å². The summed E-state index contributed by atoms with van der Waals surface area (Å²) in [7, 11) is -3.34. The molecular weight excluding hydrogens is 238 g/mol. The molecule has 0 unspecified atom stereocenters. The molecule has 2 rings (SSSR count). The van der Waals surface area contributed by atoms with Gasteiger partial charge in [0.1, 0.15) is 0 Å². The summed E-state index contributed by atoms with van der Waals surface area (Å²) in [4.78, 5) is 4.08. The molecule has 0 radical (unpaired) electrons. The Morgan fingerprint density at radius 1 is 1.24 bits per heavy atom. The molecule has 94 valence electrons. The fraction of sp³-hybridized carbons (Fsp3) is 0.545. The van der Waals surface area contributed by atoms with E-state index in [0.717, 1.165) is 25.0 Å². The SMILES string of the molecule is O=S(=O)(NCc1ccccn1)N1CCCCC1. The molecule has 1 aliphatic rings. The van der Waals surface area contributed by atoms with Crippen LogP contribution in [0.4, 0.5) is 0 Å². The van der Waals surface area contributed by atoms with E-state index < -0.39 is 10.2 Å². The zero-order valence-electron chi connectivity index (χ0n) is 9.67. The zero-order valence-corrected chi connectivity index (χ0v) is 10.5. The Bertz CT molecular complexity index is 441. The monoisotopic (exact) mass is 255 g/mol. The second kappa shape index (κ2) is 5.57. The lowest BCUT2D eigenvalue weighted by molar-refractivity contribution is 0.341. The van der Waals surface area contributed by atoms with Crippen LogP contribution in [0.15, 0.2) is 24.4 Å². The highest BCUT2D eigenvalue weighted by molar-refractivity contribution is 7.87. The van der Waals surface area contributed by atoms with Crippen LogP contribution in [-0.2, 0) is 16.8 Å². The second-order valence-electron chi connectivity index (χ2n) is 4.11. The lowest BCUT2D eigenvalue weighted by Gasteiger charge is -2.25. The minimum absolute atomic E-state index is 0.250. The van der Waals surface area contributed by atoms with Gasteiger partial charge in [0.2, 0.25) is 0 Å². The van der Waals surface area contributed by atoms with E-state index in [4.69, 9.17) is 0 Å². The minimum Gasteiger partial charge on any atom is -0.260 e. The third kappa shape index (κ3) is 3.49. The van der Waals surface area contributed by atoms with E-state index >= 15 is 0 Å². The van der Waals surface area contributed by atoms with Gasteiger partial charge in [0, 0.05) is 19.3 Å². The summed E-state index contributed by atoms with van der Waals surface area (Å²) in [5.41, 5.74) is 0.730. The van der Waals surface area contributed by atoms with Crippen LogP contribution in [0.25, 0.3) is 0 Å². The van der Waals surface area contributed by atoms with E-state index in [0.29, 0.717) is 13.1 Å². The summed E-state index contributed by atoms with van der Waals surface area (Å²) < 4.78 is 28.0. The maximum absolute atomic E-state index is 11.9. The van der Waals surface area contributed by atoms with Gasteiger partial charge in [0.05, 0.1) is 12.2 Å². The molecule has 6 heteroatoms. The number of pyridine rings is 1. The van der Waals surface area contributed by atoms with Gasteiger partial charge in [-0.25, -0.2) is 0 Å². The Morgan fingerprint density at radius 2 is 2.00 bits per heavy atom. The van der Waals surface area contributed by atoms with Crippen LogP contribution >= 0.6 is 0 Å². The molecule has 0 atom stereocenters. The first-order valence-corrected chi connectivity index (χ1v) is 7.27. The van der Waals surface area contributed by atoms with Crippen molar-refractivity contribution in [3.05, 3.63) is 30.1 Å². The summed E-state index contributed by atoms with van der Waals surface area (Å²) >= 11 is 0. The highest BCUT2D eigenvalue weighted by Gasteiger charge is 2.23. The molecule has 2 heterocycles. The van der Waals surface area contributed by atoms with E-state index in [1.54, 1.807) is 12.3 Å². The highest BCUT2D eigenvalue weighted by atomic mass is 32.2. The first-order valence-electron chi connectivity index (χ1n) is 5.83. The van der Waals surface area contributed by atoms with Crippen LogP contribution in [-0.4, -0.2) is 30.8 Å². The molecule has 1 aliphatic heterocycles. The van der Waals surface area contributed by atoms with Crippen molar-refractivity contribution < 1.29 is 8.42 Å². The maximum Gasteiger partial charge on any atom is 0.279 e. The predicted octanol–water partition coefficient (Wildman–Crippen LogP) is 0.902. The average Bonchev–Trinajstić information content (AvgIpc) is 2.39. The van der Waals surface area contributed by atoms with Crippen LogP contribution < -0.4 is 4.72 Å². The van der Waals surface area contributed by atoms with Crippen LogP contribution in [0, 0.1) is 0 Å². The molecule has 0 aromatic carbocycles. The van der Waals surface area contributed by atoms with Crippen molar-refractivity contribution in [2.75, 3.05) is 13.1 Å². The van der Waals surface area contributed by atoms with Crippen LogP contribution in [0.5, 0.6) is 0 Å². The summed E-state index contributed by atoms with van der Waals surface area (Å²) in [5.74, 6) is 0.